The summed E-state index contributed by atoms with van der Waals surface area (Å²) in [7, 11) is -1.70. The number of hydrogen-bond acceptors (Lipinski definition) is 1. The monoisotopic (exact) mass is 1090 g/mol. The molecule has 0 saturated heterocycles. The Kier molecular flexibility index (Phi) is 18.2. The minimum absolute atomic E-state index is 0. The van der Waals surface area contributed by atoms with E-state index in [0.717, 1.165) is 5.56 Å². The molecule has 361 valence electrons. The van der Waals surface area contributed by atoms with Gasteiger partial charge in [0.1, 0.15) is 5.82 Å². The molecule has 5 radical (unpaired) electrons. The molecule has 10 aromatic carbocycles. The van der Waals surface area contributed by atoms with E-state index >= 15 is 0 Å². The number of fused-ring (bicyclic) bond motifs is 3. The number of hydrogen-bond donors (Lipinski definition) is 0. The molecule has 5 heteroatoms. The number of Topliss-reactive ketones (excluding diaryl/α,β-unsaturated/α-hetero) is 1. The smallest absolute Gasteiger partial charge is 0.693 e. The molecule has 0 N–H and O–H groups in total. The molecule has 0 unspecified atom stereocenters. The Morgan fingerprint density at radius 3 is 1.23 bits per heavy atom. The number of carbonyl (C=O) groups is 1. The van der Waals surface area contributed by atoms with Gasteiger partial charge in [-0.05, 0) is 129 Å². The first-order chi connectivity index (χ1) is 36.5. The van der Waals surface area contributed by atoms with Crippen LogP contribution in [0, 0.1) is 49.3 Å². The predicted octanol–water partition coefficient (Wildman–Crippen LogP) is 14.8. The van der Waals surface area contributed by atoms with Crippen LogP contribution in [-0.4, -0.2) is 5.78 Å². The maximum Gasteiger partial charge on any atom is 2.00 e. The summed E-state index contributed by atoms with van der Waals surface area (Å²) in [5.41, 5.74) is 4.04. The summed E-state index contributed by atoms with van der Waals surface area (Å²) in [6, 6.07) is 86.6. The number of carbonyl (C=O) groups excluding carboxylic acids is 1. The molecule has 1 nitrogen and oxygen atoms in total. The minimum Gasteiger partial charge on any atom is -0.693 e. The maximum absolute atomic E-state index is 12.8. The van der Waals surface area contributed by atoms with Crippen molar-refractivity contribution >= 4 is 75.0 Å². The van der Waals surface area contributed by atoms with Crippen LogP contribution in [0.15, 0.2) is 273 Å². The van der Waals surface area contributed by atoms with E-state index in [1.54, 1.807) is 0 Å². The SMILES string of the molecule is [C-]#C[C@H](CC(=O)c1ccc(F)cc1)c1ccccc1.[CH]1[CH][C]2C=CC=C[C]2[CH]1.[Ru+2].c1ccc(P(c2ccccc2)c2ccc3ccccc3c2-c2c(P(c3ccccc3)c3ccccc3)ccc3ccccc23)cc1. The van der Waals surface area contributed by atoms with Crippen molar-refractivity contribution in [2.24, 2.45) is 0 Å². The molecule has 0 heterocycles. The van der Waals surface area contributed by atoms with E-state index in [1.165, 1.54) is 101 Å². The number of rotatable bonds is 11. The number of allylic oxidation sites excluding steroid dienone is 4. The number of ketones is 1. The largest absolute Gasteiger partial charge is 2.00 e. The summed E-state index contributed by atoms with van der Waals surface area (Å²) in [4.78, 5) is 12.1. The van der Waals surface area contributed by atoms with E-state index in [-0.39, 0.29) is 43.4 Å². The van der Waals surface area contributed by atoms with Gasteiger partial charge in [-0.1, -0.05) is 249 Å². The first-order valence-electron chi connectivity index (χ1n) is 24.7. The van der Waals surface area contributed by atoms with Gasteiger partial charge in [-0.15, -0.1) is 0 Å². The fourth-order valence-corrected chi connectivity index (χ4v) is 14.5. The van der Waals surface area contributed by atoms with Crippen LogP contribution in [0.4, 0.5) is 4.39 Å². The zero-order valence-electron chi connectivity index (χ0n) is 41.0. The summed E-state index contributed by atoms with van der Waals surface area (Å²) < 4.78 is 12.8. The average Bonchev–Trinajstić information content (AvgIpc) is 3.96. The second-order valence-electron chi connectivity index (χ2n) is 17.8. The maximum atomic E-state index is 12.8. The van der Waals surface area contributed by atoms with Crippen LogP contribution in [0.3, 0.4) is 0 Å². The third kappa shape index (κ3) is 12.5. The number of benzene rings is 10. The van der Waals surface area contributed by atoms with Crippen LogP contribution in [0.2, 0.25) is 0 Å². The quantitative estimate of drug-likeness (QED) is 0.0415. The molecular weight excluding hydrogens is 1040 g/mol. The molecule has 1 fully saturated rings. The van der Waals surface area contributed by atoms with E-state index in [0.29, 0.717) is 5.56 Å². The molecule has 2 aliphatic rings. The Morgan fingerprint density at radius 2 is 0.827 bits per heavy atom. The van der Waals surface area contributed by atoms with Crippen molar-refractivity contribution in [3.05, 3.63) is 327 Å². The Morgan fingerprint density at radius 1 is 0.453 bits per heavy atom. The molecule has 1 saturated carbocycles. The third-order valence-corrected chi connectivity index (χ3v) is 18.1. The molecule has 10 aromatic rings. The van der Waals surface area contributed by atoms with Gasteiger partial charge in [-0.25, -0.2) is 4.39 Å². The fraction of sp³-hybridized carbons (Fsp3) is 0.0286. The van der Waals surface area contributed by atoms with Crippen molar-refractivity contribution in [1.82, 2.24) is 0 Å². The van der Waals surface area contributed by atoms with Crippen LogP contribution in [0.1, 0.15) is 28.3 Å². The van der Waals surface area contributed by atoms with Crippen molar-refractivity contribution < 1.29 is 28.7 Å². The summed E-state index contributed by atoms with van der Waals surface area (Å²) in [6.07, 6.45) is 22.2. The van der Waals surface area contributed by atoms with Gasteiger partial charge in [-0.3, -0.25) is 4.79 Å². The normalized spacial score (nSPS) is 13.2. The summed E-state index contributed by atoms with van der Waals surface area (Å²) in [5, 5.41) is 13.3. The summed E-state index contributed by atoms with van der Waals surface area (Å²) >= 11 is 0. The average molecular weight is 1090 g/mol. The molecule has 0 aromatic heterocycles. The molecule has 2 aliphatic carbocycles. The Hall–Kier alpha value is -7.16. The van der Waals surface area contributed by atoms with Crippen LogP contribution < -0.4 is 31.8 Å². The van der Waals surface area contributed by atoms with Crippen molar-refractivity contribution in [2.75, 3.05) is 0 Å². The molecular formula is C70H51FOP2Ru+. The van der Waals surface area contributed by atoms with Gasteiger partial charge >= 0.3 is 19.5 Å². The van der Waals surface area contributed by atoms with Gasteiger partial charge in [0.05, 0.1) is 0 Å². The second-order valence-corrected chi connectivity index (χ2v) is 22.1. The zero-order valence-corrected chi connectivity index (χ0v) is 44.6. The van der Waals surface area contributed by atoms with E-state index in [9.17, 15) is 9.18 Å². The molecule has 0 amide bonds. The molecule has 0 spiro atoms. The van der Waals surface area contributed by atoms with Crippen molar-refractivity contribution in [2.45, 2.75) is 12.3 Å². The van der Waals surface area contributed by atoms with Gasteiger partial charge in [0.2, 0.25) is 0 Å². The van der Waals surface area contributed by atoms with Crippen molar-refractivity contribution in [1.29, 1.82) is 0 Å². The van der Waals surface area contributed by atoms with Gasteiger partial charge in [-0.2, -0.15) is 0 Å². The Bertz CT molecular complexity index is 3300. The van der Waals surface area contributed by atoms with E-state index in [2.05, 4.69) is 244 Å². The fourth-order valence-electron chi connectivity index (χ4n) is 9.53. The van der Waals surface area contributed by atoms with Crippen LogP contribution in [0.5, 0.6) is 0 Å². The number of halogens is 1. The summed E-state index contributed by atoms with van der Waals surface area (Å²) in [5.74, 6) is 4.20. The molecule has 75 heavy (non-hydrogen) atoms. The molecule has 12 rings (SSSR count). The molecule has 1 atom stereocenters. The van der Waals surface area contributed by atoms with Gasteiger partial charge in [0.15, 0.2) is 5.78 Å². The summed E-state index contributed by atoms with van der Waals surface area (Å²) in [6.45, 7) is 0. The van der Waals surface area contributed by atoms with Gasteiger partial charge < -0.3 is 12.3 Å². The Balaban J connectivity index is 0.000000194. The molecule has 0 aliphatic heterocycles. The predicted molar refractivity (Wildman–Crippen MR) is 314 cm³/mol. The van der Waals surface area contributed by atoms with Crippen molar-refractivity contribution in [3.8, 4) is 17.0 Å². The molecule has 0 bridgehead atoms. The standard InChI is InChI=1S/C44H32P2.C17H12FO.C9H7.Ru/c1-5-19-35(20-6-1)45(36-21-7-2-8-22-36)41-31-29-33-17-13-15-27-39(33)43(41)44-40-28-16-14-18-34(40)30-32-42(44)46(37-23-9-3-10-24-37)38-25-11-4-12-26-38;1-2-13(14-6-4-3-5-7-14)12-17(19)15-8-10-16(18)11-9-15;1-2-5-9-7-3-6-8(9)4-1;/h1-32H;3-11,13H,12H2;1-7H;/q;-1;;+2/t;13-;;/m.1../s1. The van der Waals surface area contributed by atoms with E-state index < -0.39 is 15.8 Å². The van der Waals surface area contributed by atoms with Gasteiger partial charge in [0.25, 0.3) is 0 Å². The zero-order chi connectivity index (χ0) is 50.5. The Labute approximate surface area is 457 Å². The van der Waals surface area contributed by atoms with E-state index in [4.69, 9.17) is 6.42 Å². The van der Waals surface area contributed by atoms with Crippen LogP contribution in [0.25, 0.3) is 32.7 Å². The second kappa shape index (κ2) is 25.9. The topological polar surface area (TPSA) is 17.1 Å². The first kappa shape index (κ1) is 52.7. The van der Waals surface area contributed by atoms with Gasteiger partial charge in [0, 0.05) is 29.7 Å². The third-order valence-electron chi connectivity index (χ3n) is 13.1. The van der Waals surface area contributed by atoms with Crippen molar-refractivity contribution in [3.63, 3.8) is 0 Å². The first-order valence-corrected chi connectivity index (χ1v) is 27.4. The van der Waals surface area contributed by atoms with Crippen LogP contribution in [-0.2, 0) is 19.5 Å². The van der Waals surface area contributed by atoms with E-state index in [1.807, 2.05) is 30.3 Å². The van der Waals surface area contributed by atoms with Crippen LogP contribution >= 0.6 is 15.8 Å². The minimum atomic E-state index is -0.852.